The number of hydrogen-bond donors (Lipinski definition) is 2. The molecule has 1 aliphatic rings. The van der Waals surface area contributed by atoms with Crippen LogP contribution in [0.1, 0.15) is 11.5 Å². The summed E-state index contributed by atoms with van der Waals surface area (Å²) in [7, 11) is 0. The molecule has 2 heterocycles. The van der Waals surface area contributed by atoms with Gasteiger partial charge in [-0.3, -0.25) is 9.69 Å². The Morgan fingerprint density at radius 3 is 2.73 bits per heavy atom. The summed E-state index contributed by atoms with van der Waals surface area (Å²) in [5, 5.41) is 8.99. The molecule has 9 heteroatoms. The van der Waals surface area contributed by atoms with E-state index in [1.54, 1.807) is 13.0 Å². The van der Waals surface area contributed by atoms with Gasteiger partial charge in [0.1, 0.15) is 11.8 Å². The summed E-state index contributed by atoms with van der Waals surface area (Å²) >= 11 is 0. The number of amides is 1. The van der Waals surface area contributed by atoms with Gasteiger partial charge in [0.15, 0.2) is 0 Å². The Labute approximate surface area is 126 Å². The highest BCUT2D eigenvalue weighted by Gasteiger charge is 2.43. The van der Waals surface area contributed by atoms with Crippen LogP contribution in [-0.4, -0.2) is 60.9 Å². The number of piperazine rings is 1. The predicted octanol–water partition coefficient (Wildman–Crippen LogP) is 0.478. The minimum Gasteiger partial charge on any atom is -0.361 e. The van der Waals surface area contributed by atoms with Crippen molar-refractivity contribution in [3.63, 3.8) is 0 Å². The molecule has 0 aromatic carbocycles. The molecule has 0 spiro atoms. The normalized spacial score (nSPS) is 18.2. The fourth-order valence-corrected chi connectivity index (χ4v) is 2.38. The van der Waals surface area contributed by atoms with Crippen molar-refractivity contribution in [2.24, 2.45) is 0 Å². The highest BCUT2D eigenvalue weighted by molar-refractivity contribution is 5.78. The summed E-state index contributed by atoms with van der Waals surface area (Å²) in [6, 6.07) is -0.0884. The largest absolute Gasteiger partial charge is 0.405 e. The lowest BCUT2D eigenvalue weighted by Crippen LogP contribution is -2.57. The highest BCUT2D eigenvalue weighted by Crippen LogP contribution is 2.24. The summed E-state index contributed by atoms with van der Waals surface area (Å²) in [6.07, 6.45) is -4.47. The van der Waals surface area contributed by atoms with Crippen LogP contribution >= 0.6 is 0 Å². The average molecular weight is 320 g/mol. The van der Waals surface area contributed by atoms with E-state index in [9.17, 15) is 18.0 Å². The van der Waals surface area contributed by atoms with Gasteiger partial charge in [-0.2, -0.15) is 13.2 Å². The molecular weight excluding hydrogens is 301 g/mol. The highest BCUT2D eigenvalue weighted by atomic mass is 19.4. The van der Waals surface area contributed by atoms with E-state index in [0.717, 1.165) is 0 Å². The second kappa shape index (κ2) is 7.10. The topological polar surface area (TPSA) is 70.4 Å². The maximum Gasteiger partial charge on any atom is 0.405 e. The van der Waals surface area contributed by atoms with E-state index in [4.69, 9.17) is 4.52 Å². The molecule has 0 bridgehead atoms. The van der Waals surface area contributed by atoms with Crippen molar-refractivity contribution in [3.8, 4) is 0 Å². The van der Waals surface area contributed by atoms with Crippen LogP contribution < -0.4 is 10.6 Å². The van der Waals surface area contributed by atoms with Gasteiger partial charge in [0.05, 0.1) is 12.1 Å². The number of aryl methyl sites for hydroxylation is 1. The quantitative estimate of drug-likeness (QED) is 0.826. The van der Waals surface area contributed by atoms with Crippen LogP contribution in [0, 0.1) is 6.92 Å². The van der Waals surface area contributed by atoms with Crippen LogP contribution in [0.5, 0.6) is 0 Å². The number of nitrogens with zero attached hydrogens (tertiary/aromatic N) is 2. The second-order valence-corrected chi connectivity index (χ2v) is 5.25. The van der Waals surface area contributed by atoms with Gasteiger partial charge in [-0.05, 0) is 6.92 Å². The van der Waals surface area contributed by atoms with Crippen molar-refractivity contribution in [2.45, 2.75) is 25.6 Å². The standard InChI is InChI=1S/C13H19F3N4O2/c1-9-6-10(19-22-9)7-12(21)18-8-11(13(14,15)16)20-4-2-17-3-5-20/h6,11,17H,2-5,7-8H2,1H3,(H,18,21). The number of carbonyl (C=O) groups excluding carboxylic acids is 1. The smallest absolute Gasteiger partial charge is 0.361 e. The number of aromatic nitrogens is 1. The predicted molar refractivity (Wildman–Crippen MR) is 72.2 cm³/mol. The molecule has 2 rings (SSSR count). The lowest BCUT2D eigenvalue weighted by atomic mass is 10.2. The van der Waals surface area contributed by atoms with Crippen molar-refractivity contribution in [1.29, 1.82) is 0 Å². The zero-order valence-corrected chi connectivity index (χ0v) is 12.2. The summed E-state index contributed by atoms with van der Waals surface area (Å²) in [5.74, 6) is 0.0504. The third-order valence-corrected chi connectivity index (χ3v) is 3.48. The molecule has 124 valence electrons. The van der Waals surface area contributed by atoms with Crippen LogP contribution in [0.25, 0.3) is 0 Å². The lowest BCUT2D eigenvalue weighted by Gasteiger charge is -2.35. The molecule has 22 heavy (non-hydrogen) atoms. The molecule has 1 aromatic heterocycles. The number of nitrogens with one attached hydrogen (secondary N) is 2. The number of alkyl halides is 3. The minimum absolute atomic E-state index is 0.0938. The first kappa shape index (κ1) is 16.8. The van der Waals surface area contributed by atoms with E-state index in [1.807, 2.05) is 0 Å². The first-order valence-corrected chi connectivity index (χ1v) is 7.06. The zero-order chi connectivity index (χ0) is 16.2. The van der Waals surface area contributed by atoms with E-state index in [2.05, 4.69) is 15.8 Å². The molecule has 1 aromatic rings. The van der Waals surface area contributed by atoms with Crippen molar-refractivity contribution >= 4 is 5.91 Å². The van der Waals surface area contributed by atoms with Gasteiger partial charge >= 0.3 is 6.18 Å². The summed E-state index contributed by atoms with van der Waals surface area (Å²) in [4.78, 5) is 13.1. The van der Waals surface area contributed by atoms with Crippen LogP contribution in [-0.2, 0) is 11.2 Å². The van der Waals surface area contributed by atoms with Crippen molar-refractivity contribution in [1.82, 2.24) is 20.7 Å². The number of rotatable bonds is 5. The molecule has 6 nitrogen and oxygen atoms in total. The SMILES string of the molecule is Cc1cc(CC(=O)NCC(N2CCNCC2)C(F)(F)F)no1. The maximum atomic E-state index is 13.1. The third-order valence-electron chi connectivity index (χ3n) is 3.48. The Bertz CT molecular complexity index is 498. The van der Waals surface area contributed by atoms with Crippen molar-refractivity contribution in [2.75, 3.05) is 32.7 Å². The Morgan fingerprint density at radius 2 is 2.18 bits per heavy atom. The zero-order valence-electron chi connectivity index (χ0n) is 12.2. The van der Waals surface area contributed by atoms with Gasteiger partial charge in [0.25, 0.3) is 0 Å². The first-order valence-electron chi connectivity index (χ1n) is 7.06. The van der Waals surface area contributed by atoms with Crippen molar-refractivity contribution in [3.05, 3.63) is 17.5 Å². The van der Waals surface area contributed by atoms with Gasteiger partial charge in [0.2, 0.25) is 5.91 Å². The number of hydrogen-bond acceptors (Lipinski definition) is 5. The van der Waals surface area contributed by atoms with Crippen LogP contribution in [0.4, 0.5) is 13.2 Å². The fourth-order valence-electron chi connectivity index (χ4n) is 2.38. The van der Waals surface area contributed by atoms with E-state index in [0.29, 0.717) is 37.6 Å². The second-order valence-electron chi connectivity index (χ2n) is 5.25. The lowest BCUT2D eigenvalue weighted by molar-refractivity contribution is -0.184. The Hall–Kier alpha value is -1.61. The van der Waals surface area contributed by atoms with Crippen LogP contribution in [0.2, 0.25) is 0 Å². The number of halogens is 3. The molecule has 1 amide bonds. The molecule has 1 aliphatic heterocycles. The van der Waals surface area contributed by atoms with Crippen LogP contribution in [0.3, 0.4) is 0 Å². The van der Waals surface area contributed by atoms with Crippen molar-refractivity contribution < 1.29 is 22.5 Å². The Morgan fingerprint density at radius 1 is 1.50 bits per heavy atom. The summed E-state index contributed by atoms with van der Waals surface area (Å²) in [5.41, 5.74) is 0.403. The molecule has 0 radical (unpaired) electrons. The number of carbonyl (C=O) groups is 1. The van der Waals surface area contributed by atoms with Gasteiger partial charge < -0.3 is 15.2 Å². The van der Waals surface area contributed by atoms with E-state index in [1.165, 1.54) is 4.90 Å². The fraction of sp³-hybridized carbons (Fsp3) is 0.692. The monoisotopic (exact) mass is 320 g/mol. The van der Waals surface area contributed by atoms with Gasteiger partial charge in [-0.25, -0.2) is 0 Å². The van der Waals surface area contributed by atoms with Gasteiger partial charge in [0, 0.05) is 38.8 Å². The van der Waals surface area contributed by atoms with Gasteiger partial charge in [-0.15, -0.1) is 0 Å². The summed E-state index contributed by atoms with van der Waals surface area (Å²) < 4.78 is 44.2. The minimum atomic E-state index is -4.38. The van der Waals surface area contributed by atoms with E-state index >= 15 is 0 Å². The molecule has 0 saturated carbocycles. The molecule has 1 saturated heterocycles. The molecule has 2 N–H and O–H groups in total. The molecule has 1 fully saturated rings. The average Bonchev–Trinajstić information content (AvgIpc) is 2.84. The third kappa shape index (κ3) is 4.70. The molecule has 1 atom stereocenters. The maximum absolute atomic E-state index is 13.1. The summed E-state index contributed by atoms with van der Waals surface area (Å²) in [6.45, 7) is 2.86. The van der Waals surface area contributed by atoms with Crippen LogP contribution in [0.15, 0.2) is 10.6 Å². The Kier molecular flexibility index (Phi) is 5.41. The molecule has 1 unspecified atom stereocenters. The Balaban J connectivity index is 1.88. The first-order chi connectivity index (χ1) is 10.4. The van der Waals surface area contributed by atoms with E-state index < -0.39 is 24.7 Å². The van der Waals surface area contributed by atoms with E-state index in [-0.39, 0.29) is 6.42 Å². The molecule has 0 aliphatic carbocycles. The molecular formula is C13H19F3N4O2. The van der Waals surface area contributed by atoms with Gasteiger partial charge in [-0.1, -0.05) is 5.16 Å².